The molecular weight excluding hydrogens is 400 g/mol. The molecule has 0 spiro atoms. The van der Waals surface area contributed by atoms with Crippen LogP contribution >= 0.6 is 0 Å². The van der Waals surface area contributed by atoms with Crippen molar-refractivity contribution in [2.75, 3.05) is 16.8 Å². The van der Waals surface area contributed by atoms with E-state index in [2.05, 4.69) is 10.3 Å². The summed E-state index contributed by atoms with van der Waals surface area (Å²) in [6.07, 6.45) is 3.75. The van der Waals surface area contributed by atoms with Gasteiger partial charge >= 0.3 is 5.69 Å². The molecule has 0 unspecified atom stereocenters. The second kappa shape index (κ2) is 7.86. The highest BCUT2D eigenvalue weighted by Crippen LogP contribution is 2.27. The van der Waals surface area contributed by atoms with Gasteiger partial charge in [0.2, 0.25) is 11.8 Å². The van der Waals surface area contributed by atoms with E-state index < -0.39 is 11.2 Å². The third-order valence-corrected chi connectivity index (χ3v) is 5.64. The number of carbonyl (C=O) groups excluding carboxylic acids is 2. The third-order valence-electron chi connectivity index (χ3n) is 5.64. The van der Waals surface area contributed by atoms with E-state index in [-0.39, 0.29) is 29.5 Å². The molecule has 1 aromatic carbocycles. The number of aryl methyl sites for hydroxylation is 2. The van der Waals surface area contributed by atoms with Crippen LogP contribution in [0, 0.1) is 6.92 Å². The molecule has 1 fully saturated rings. The Morgan fingerprint density at radius 1 is 1.13 bits per heavy atom. The molecule has 3 aromatic rings. The van der Waals surface area contributed by atoms with Crippen LogP contribution in [0.2, 0.25) is 0 Å². The first-order valence-corrected chi connectivity index (χ1v) is 10.1. The summed E-state index contributed by atoms with van der Waals surface area (Å²) >= 11 is 0. The van der Waals surface area contributed by atoms with Gasteiger partial charge in [-0.3, -0.25) is 23.5 Å². The van der Waals surface area contributed by atoms with Gasteiger partial charge in [0, 0.05) is 38.4 Å². The zero-order valence-electron chi connectivity index (χ0n) is 17.7. The van der Waals surface area contributed by atoms with Crippen LogP contribution in [0.3, 0.4) is 0 Å². The Morgan fingerprint density at radius 2 is 1.90 bits per heavy atom. The smallest absolute Gasteiger partial charge is 0.324 e. The van der Waals surface area contributed by atoms with Crippen LogP contribution in [-0.4, -0.2) is 37.0 Å². The van der Waals surface area contributed by atoms with E-state index in [1.54, 1.807) is 17.0 Å². The standard InChI is InChI=1S/C21H24N6O4/c1-13-7-8-14(10-15(13)27-9-5-4-6-17(27)29)23-16(28)11-26-12-22-19-18(26)20(30)25(3)21(31)24(19)2/h7-8,10,12H,4-6,9,11H2,1-3H3,(H,23,28). The van der Waals surface area contributed by atoms with Crippen molar-refractivity contribution >= 4 is 34.4 Å². The van der Waals surface area contributed by atoms with Crippen molar-refractivity contribution in [1.82, 2.24) is 18.7 Å². The molecule has 3 heterocycles. The molecule has 2 amide bonds. The Hall–Kier alpha value is -3.69. The number of nitrogens with zero attached hydrogens (tertiary/aromatic N) is 5. The van der Waals surface area contributed by atoms with Gasteiger partial charge in [0.15, 0.2) is 11.2 Å². The summed E-state index contributed by atoms with van der Waals surface area (Å²) in [6, 6.07) is 5.44. The highest BCUT2D eigenvalue weighted by Gasteiger charge is 2.22. The van der Waals surface area contributed by atoms with Crippen molar-refractivity contribution in [2.45, 2.75) is 32.7 Å². The predicted molar refractivity (Wildman–Crippen MR) is 116 cm³/mol. The lowest BCUT2D eigenvalue weighted by Gasteiger charge is -2.28. The summed E-state index contributed by atoms with van der Waals surface area (Å²) in [4.78, 5) is 55.5. The summed E-state index contributed by atoms with van der Waals surface area (Å²) < 4.78 is 3.68. The number of carbonyl (C=O) groups is 2. The summed E-state index contributed by atoms with van der Waals surface area (Å²) in [5.74, 6) is -0.265. The lowest BCUT2D eigenvalue weighted by Crippen LogP contribution is -2.37. The minimum atomic E-state index is -0.510. The minimum Gasteiger partial charge on any atom is -0.324 e. The van der Waals surface area contributed by atoms with Crippen LogP contribution in [0.1, 0.15) is 24.8 Å². The first-order valence-electron chi connectivity index (χ1n) is 10.1. The number of hydrogen-bond donors (Lipinski definition) is 1. The van der Waals surface area contributed by atoms with E-state index in [4.69, 9.17) is 0 Å². The van der Waals surface area contributed by atoms with Crippen LogP contribution in [-0.2, 0) is 30.2 Å². The number of aromatic nitrogens is 4. The Balaban J connectivity index is 1.59. The zero-order valence-corrected chi connectivity index (χ0v) is 17.7. The summed E-state index contributed by atoms with van der Waals surface area (Å²) in [7, 11) is 2.91. The second-order valence-electron chi connectivity index (χ2n) is 7.80. The van der Waals surface area contributed by atoms with Crippen molar-refractivity contribution in [3.05, 3.63) is 50.9 Å². The molecule has 0 aliphatic carbocycles. The highest BCUT2D eigenvalue weighted by molar-refractivity contribution is 5.97. The van der Waals surface area contributed by atoms with Gasteiger partial charge in [-0.05, 0) is 37.5 Å². The molecule has 1 aliphatic rings. The van der Waals surface area contributed by atoms with Gasteiger partial charge in [-0.25, -0.2) is 9.78 Å². The van der Waals surface area contributed by atoms with Gasteiger partial charge in [0.25, 0.3) is 5.56 Å². The van der Waals surface area contributed by atoms with Crippen molar-refractivity contribution < 1.29 is 9.59 Å². The lowest BCUT2D eigenvalue weighted by atomic mass is 10.1. The molecule has 0 radical (unpaired) electrons. The number of imidazole rings is 1. The first kappa shape index (κ1) is 20.6. The quantitative estimate of drug-likeness (QED) is 0.669. The maximum absolute atomic E-state index is 12.7. The maximum atomic E-state index is 12.7. The average molecular weight is 424 g/mol. The first-order chi connectivity index (χ1) is 14.8. The Labute approximate surface area is 177 Å². The monoisotopic (exact) mass is 424 g/mol. The number of amides is 2. The van der Waals surface area contributed by atoms with Gasteiger partial charge in [-0.1, -0.05) is 6.07 Å². The Bertz CT molecular complexity index is 1320. The molecule has 10 nitrogen and oxygen atoms in total. The van der Waals surface area contributed by atoms with Crippen molar-refractivity contribution in [3.8, 4) is 0 Å². The zero-order chi connectivity index (χ0) is 22.3. The van der Waals surface area contributed by atoms with Crippen LogP contribution < -0.4 is 21.5 Å². The van der Waals surface area contributed by atoms with E-state index in [9.17, 15) is 19.2 Å². The molecule has 1 aliphatic heterocycles. The van der Waals surface area contributed by atoms with Crippen LogP contribution in [0.4, 0.5) is 11.4 Å². The Morgan fingerprint density at radius 3 is 2.65 bits per heavy atom. The van der Waals surface area contributed by atoms with Crippen molar-refractivity contribution in [1.29, 1.82) is 0 Å². The second-order valence-corrected chi connectivity index (χ2v) is 7.80. The van der Waals surface area contributed by atoms with E-state index >= 15 is 0 Å². The fourth-order valence-electron chi connectivity index (χ4n) is 3.91. The summed E-state index contributed by atoms with van der Waals surface area (Å²) in [5, 5.41) is 2.82. The van der Waals surface area contributed by atoms with Crippen LogP contribution in [0.15, 0.2) is 34.1 Å². The number of nitrogens with one attached hydrogen (secondary N) is 1. The number of hydrogen-bond acceptors (Lipinski definition) is 5. The van der Waals surface area contributed by atoms with Gasteiger partial charge in [-0.15, -0.1) is 0 Å². The summed E-state index contributed by atoms with van der Waals surface area (Å²) in [6.45, 7) is 2.45. The third kappa shape index (κ3) is 3.65. The maximum Gasteiger partial charge on any atom is 0.332 e. The van der Waals surface area contributed by atoms with Crippen molar-refractivity contribution in [3.63, 3.8) is 0 Å². The lowest BCUT2D eigenvalue weighted by molar-refractivity contribution is -0.119. The fourth-order valence-corrected chi connectivity index (χ4v) is 3.91. The fraction of sp³-hybridized carbons (Fsp3) is 0.381. The minimum absolute atomic E-state index is 0.0872. The molecule has 1 N–H and O–H groups in total. The molecule has 162 valence electrons. The number of rotatable bonds is 4. The topological polar surface area (TPSA) is 111 Å². The van der Waals surface area contributed by atoms with Gasteiger partial charge in [-0.2, -0.15) is 0 Å². The molecule has 31 heavy (non-hydrogen) atoms. The molecule has 2 aromatic heterocycles. The number of benzene rings is 1. The summed E-state index contributed by atoms with van der Waals surface area (Å²) in [5.41, 5.74) is 1.73. The van der Waals surface area contributed by atoms with E-state index in [1.807, 2.05) is 13.0 Å². The largest absolute Gasteiger partial charge is 0.332 e. The van der Waals surface area contributed by atoms with Crippen molar-refractivity contribution in [2.24, 2.45) is 14.1 Å². The normalized spacial score (nSPS) is 14.3. The van der Waals surface area contributed by atoms with E-state index in [0.29, 0.717) is 18.7 Å². The average Bonchev–Trinajstić information content (AvgIpc) is 3.16. The molecular formula is C21H24N6O4. The molecule has 0 atom stereocenters. The molecule has 0 bridgehead atoms. The SMILES string of the molecule is Cc1ccc(NC(=O)Cn2cnc3c2c(=O)n(C)c(=O)n3C)cc1N1CCCCC1=O. The number of piperidine rings is 1. The number of fused-ring (bicyclic) bond motifs is 1. The van der Waals surface area contributed by atoms with Gasteiger partial charge < -0.3 is 14.8 Å². The predicted octanol–water partition coefficient (Wildman–Crippen LogP) is 0.898. The molecule has 0 saturated carbocycles. The van der Waals surface area contributed by atoms with E-state index in [0.717, 1.165) is 28.7 Å². The number of anilines is 2. The highest BCUT2D eigenvalue weighted by atomic mass is 16.2. The van der Waals surface area contributed by atoms with Gasteiger partial charge in [0.1, 0.15) is 6.54 Å². The molecule has 4 rings (SSSR count). The van der Waals surface area contributed by atoms with E-state index in [1.165, 1.54) is 29.6 Å². The van der Waals surface area contributed by atoms with Gasteiger partial charge in [0.05, 0.1) is 6.33 Å². The Kier molecular flexibility index (Phi) is 5.22. The van der Waals surface area contributed by atoms with Crippen LogP contribution in [0.5, 0.6) is 0 Å². The van der Waals surface area contributed by atoms with Crippen LogP contribution in [0.25, 0.3) is 11.2 Å². The molecule has 1 saturated heterocycles. The molecule has 10 heteroatoms.